The first kappa shape index (κ1) is 15.5. The molecule has 0 atom stereocenters. The maximum absolute atomic E-state index is 12.5. The summed E-state index contributed by atoms with van der Waals surface area (Å²) < 4.78 is 16.4. The van der Waals surface area contributed by atoms with Crippen molar-refractivity contribution in [3.05, 3.63) is 30.0 Å². The molecular formula is C18H20N4O4. The summed E-state index contributed by atoms with van der Waals surface area (Å²) in [5, 5.41) is 11.3. The summed E-state index contributed by atoms with van der Waals surface area (Å²) in [7, 11) is 0. The number of hydrogen-bond acceptors (Lipinski definition) is 6. The number of nitrogens with zero attached hydrogens (tertiary/aromatic N) is 3. The highest BCUT2D eigenvalue weighted by Crippen LogP contribution is 2.40. The van der Waals surface area contributed by atoms with Gasteiger partial charge in [0.1, 0.15) is 0 Å². The van der Waals surface area contributed by atoms with E-state index in [1.807, 2.05) is 11.0 Å². The molecule has 0 radical (unpaired) electrons. The van der Waals surface area contributed by atoms with Gasteiger partial charge in [0.05, 0.1) is 0 Å². The summed E-state index contributed by atoms with van der Waals surface area (Å²) in [5.41, 5.74) is 0.701. The van der Waals surface area contributed by atoms with Crippen molar-refractivity contribution in [2.45, 2.75) is 37.5 Å². The molecule has 0 spiro atoms. The van der Waals surface area contributed by atoms with Crippen LogP contribution in [0.25, 0.3) is 0 Å². The zero-order valence-electron chi connectivity index (χ0n) is 14.3. The van der Waals surface area contributed by atoms with Gasteiger partial charge in [-0.1, -0.05) is 0 Å². The minimum atomic E-state index is -0.105. The number of benzene rings is 1. The molecule has 3 aliphatic rings. The second-order valence-corrected chi connectivity index (χ2v) is 7.01. The predicted octanol–water partition coefficient (Wildman–Crippen LogP) is 3.09. The number of rotatable bonds is 3. The lowest BCUT2D eigenvalue weighted by Gasteiger charge is -2.30. The fourth-order valence-corrected chi connectivity index (χ4v) is 3.41. The lowest BCUT2D eigenvalue weighted by molar-refractivity contribution is 0.174. The minimum Gasteiger partial charge on any atom is -0.454 e. The summed E-state index contributed by atoms with van der Waals surface area (Å²) in [4.78, 5) is 14.3. The third-order valence-corrected chi connectivity index (χ3v) is 5.14. The Morgan fingerprint density at radius 1 is 1.00 bits per heavy atom. The molecule has 2 aliphatic heterocycles. The number of hydrogen-bond donors (Lipinski definition) is 1. The van der Waals surface area contributed by atoms with Crippen LogP contribution in [-0.4, -0.2) is 41.0 Å². The first-order valence-electron chi connectivity index (χ1n) is 9.05. The van der Waals surface area contributed by atoms with Crippen molar-refractivity contribution >= 4 is 11.7 Å². The van der Waals surface area contributed by atoms with E-state index in [9.17, 15) is 4.79 Å². The molecule has 26 heavy (non-hydrogen) atoms. The van der Waals surface area contributed by atoms with Gasteiger partial charge < -0.3 is 24.1 Å². The second kappa shape index (κ2) is 6.19. The molecule has 2 aromatic rings. The molecule has 136 valence electrons. The average molecular weight is 356 g/mol. The monoisotopic (exact) mass is 356 g/mol. The van der Waals surface area contributed by atoms with Crippen molar-refractivity contribution in [1.29, 1.82) is 0 Å². The molecule has 2 fully saturated rings. The van der Waals surface area contributed by atoms with E-state index in [0.717, 1.165) is 37.5 Å². The van der Waals surface area contributed by atoms with Gasteiger partial charge in [0.15, 0.2) is 11.5 Å². The van der Waals surface area contributed by atoms with Crippen molar-refractivity contribution in [3.63, 3.8) is 0 Å². The maximum atomic E-state index is 12.5. The smallest absolute Gasteiger partial charge is 0.321 e. The molecule has 5 rings (SSSR count). The van der Waals surface area contributed by atoms with Gasteiger partial charge in [-0.3, -0.25) is 0 Å². The normalized spacial score (nSPS) is 19.6. The molecule has 0 unspecified atom stereocenters. The topological polar surface area (TPSA) is 89.7 Å². The molecule has 1 N–H and O–H groups in total. The number of amides is 2. The number of nitrogens with one attached hydrogen (secondary N) is 1. The molecule has 1 saturated heterocycles. The SMILES string of the molecule is O=C(Nc1ccc2c(c1)OCO2)N1CCC(c2nnc(C3CC3)o2)CC1. The van der Waals surface area contributed by atoms with Crippen LogP contribution in [0, 0.1) is 0 Å². The third kappa shape index (κ3) is 2.95. The Bertz CT molecular complexity index is 824. The Morgan fingerprint density at radius 2 is 1.69 bits per heavy atom. The van der Waals surface area contributed by atoms with Gasteiger partial charge in [0.25, 0.3) is 0 Å². The molecule has 8 heteroatoms. The van der Waals surface area contributed by atoms with Crippen molar-refractivity contribution in [2.24, 2.45) is 0 Å². The Kier molecular flexibility index (Phi) is 3.69. The van der Waals surface area contributed by atoms with E-state index in [2.05, 4.69) is 15.5 Å². The lowest BCUT2D eigenvalue weighted by atomic mass is 9.97. The summed E-state index contributed by atoms with van der Waals surface area (Å²) in [5.74, 6) is 3.58. The first-order valence-corrected chi connectivity index (χ1v) is 9.05. The van der Waals surface area contributed by atoms with Crippen LogP contribution < -0.4 is 14.8 Å². The highest BCUT2D eigenvalue weighted by molar-refractivity contribution is 5.89. The van der Waals surface area contributed by atoms with E-state index < -0.39 is 0 Å². The Hall–Kier alpha value is -2.77. The number of carbonyl (C=O) groups excluding carboxylic acids is 1. The van der Waals surface area contributed by atoms with Crippen LogP contribution in [0.5, 0.6) is 11.5 Å². The van der Waals surface area contributed by atoms with Gasteiger partial charge in [-0.15, -0.1) is 10.2 Å². The molecule has 8 nitrogen and oxygen atoms in total. The lowest BCUT2D eigenvalue weighted by Crippen LogP contribution is -2.40. The zero-order chi connectivity index (χ0) is 17.5. The van der Waals surface area contributed by atoms with E-state index in [1.54, 1.807) is 12.1 Å². The number of anilines is 1. The van der Waals surface area contributed by atoms with Gasteiger partial charge in [-0.2, -0.15) is 0 Å². The van der Waals surface area contributed by atoms with Crippen LogP contribution in [-0.2, 0) is 0 Å². The highest BCUT2D eigenvalue weighted by Gasteiger charge is 2.32. The highest BCUT2D eigenvalue weighted by atomic mass is 16.7. The van der Waals surface area contributed by atoms with Crippen LogP contribution in [0.15, 0.2) is 22.6 Å². The standard InChI is InChI=1S/C18H20N4O4/c23-18(19-13-3-4-14-15(9-13)25-10-24-14)22-7-5-12(6-8-22)17-21-20-16(26-17)11-1-2-11/h3-4,9,11-12H,1-2,5-8,10H2,(H,19,23). The van der Waals surface area contributed by atoms with Crippen LogP contribution in [0.4, 0.5) is 10.5 Å². The number of carbonyl (C=O) groups is 1. The van der Waals surface area contributed by atoms with Crippen molar-refractivity contribution in [1.82, 2.24) is 15.1 Å². The third-order valence-electron chi connectivity index (χ3n) is 5.14. The van der Waals surface area contributed by atoms with E-state index in [-0.39, 0.29) is 18.7 Å². The Balaban J connectivity index is 1.17. The number of urea groups is 1. The summed E-state index contributed by atoms with van der Waals surface area (Å²) in [6.45, 7) is 1.56. The molecule has 1 aromatic carbocycles. The molecule has 1 aliphatic carbocycles. The molecule has 1 saturated carbocycles. The first-order chi connectivity index (χ1) is 12.8. The predicted molar refractivity (Wildman–Crippen MR) is 91.4 cm³/mol. The zero-order valence-corrected chi connectivity index (χ0v) is 14.3. The molecule has 2 amide bonds. The Morgan fingerprint density at radius 3 is 2.42 bits per heavy atom. The van der Waals surface area contributed by atoms with E-state index >= 15 is 0 Å². The quantitative estimate of drug-likeness (QED) is 0.909. The van der Waals surface area contributed by atoms with Gasteiger partial charge >= 0.3 is 6.03 Å². The number of likely N-dealkylation sites (tertiary alicyclic amines) is 1. The minimum absolute atomic E-state index is 0.105. The molecular weight excluding hydrogens is 336 g/mol. The molecule has 0 bridgehead atoms. The van der Waals surface area contributed by atoms with Crippen molar-refractivity contribution < 1.29 is 18.7 Å². The maximum Gasteiger partial charge on any atom is 0.321 e. The van der Waals surface area contributed by atoms with Crippen molar-refractivity contribution in [2.75, 3.05) is 25.2 Å². The number of fused-ring (bicyclic) bond motifs is 1. The fourth-order valence-electron chi connectivity index (χ4n) is 3.41. The van der Waals surface area contributed by atoms with Gasteiger partial charge in [-0.25, -0.2) is 4.79 Å². The average Bonchev–Trinajstić information content (AvgIpc) is 3.21. The second-order valence-electron chi connectivity index (χ2n) is 7.01. The number of ether oxygens (including phenoxy) is 2. The molecule has 3 heterocycles. The van der Waals surface area contributed by atoms with Crippen LogP contribution in [0.1, 0.15) is 49.3 Å². The van der Waals surface area contributed by atoms with Crippen LogP contribution in [0.2, 0.25) is 0 Å². The summed E-state index contributed by atoms with van der Waals surface area (Å²) in [6, 6.07) is 5.30. The van der Waals surface area contributed by atoms with Crippen LogP contribution in [0.3, 0.4) is 0 Å². The fraction of sp³-hybridized carbons (Fsp3) is 0.500. The number of aromatic nitrogens is 2. The van der Waals surface area contributed by atoms with Gasteiger partial charge in [0.2, 0.25) is 18.6 Å². The largest absolute Gasteiger partial charge is 0.454 e. The number of piperidine rings is 1. The van der Waals surface area contributed by atoms with E-state index in [0.29, 0.717) is 36.2 Å². The van der Waals surface area contributed by atoms with Gasteiger partial charge in [0, 0.05) is 36.7 Å². The summed E-state index contributed by atoms with van der Waals surface area (Å²) >= 11 is 0. The Labute approximate surface area is 150 Å². The van der Waals surface area contributed by atoms with Crippen molar-refractivity contribution in [3.8, 4) is 11.5 Å². The van der Waals surface area contributed by atoms with Gasteiger partial charge in [-0.05, 0) is 37.8 Å². The van der Waals surface area contributed by atoms with E-state index in [4.69, 9.17) is 13.9 Å². The molecule has 1 aromatic heterocycles. The van der Waals surface area contributed by atoms with Crippen LogP contribution >= 0.6 is 0 Å². The van der Waals surface area contributed by atoms with E-state index in [1.165, 1.54) is 0 Å². The summed E-state index contributed by atoms with van der Waals surface area (Å²) in [6.07, 6.45) is 3.97.